The molecule has 0 aliphatic carbocycles. The number of nitrogens with one attached hydrogen (secondary N) is 1. The molecule has 1 aromatic rings. The van der Waals surface area contributed by atoms with Crippen LogP contribution in [0.15, 0.2) is 18.2 Å². The third-order valence-electron chi connectivity index (χ3n) is 3.36. The minimum absolute atomic E-state index is 0.147. The maximum atomic E-state index is 12.0. The Morgan fingerprint density at radius 3 is 2.80 bits per heavy atom. The molecule has 0 bridgehead atoms. The lowest BCUT2D eigenvalue weighted by Crippen LogP contribution is -2.30. The Labute approximate surface area is 90.7 Å². The van der Waals surface area contributed by atoms with Crippen LogP contribution < -0.4 is 5.32 Å². The van der Waals surface area contributed by atoms with E-state index in [-0.39, 0.29) is 11.3 Å². The lowest BCUT2D eigenvalue weighted by Gasteiger charge is -2.21. The highest BCUT2D eigenvalue weighted by molar-refractivity contribution is 6.06. The number of carbonyl (C=O) groups excluding carboxylic acids is 1. The first-order chi connectivity index (χ1) is 7.09. The highest BCUT2D eigenvalue weighted by Gasteiger charge is 2.41. The fourth-order valence-corrected chi connectivity index (χ4v) is 2.42. The van der Waals surface area contributed by atoms with Crippen molar-refractivity contribution in [3.8, 4) is 0 Å². The van der Waals surface area contributed by atoms with Gasteiger partial charge in [-0.05, 0) is 31.4 Å². The van der Waals surface area contributed by atoms with E-state index in [1.165, 1.54) is 0 Å². The summed E-state index contributed by atoms with van der Waals surface area (Å²) in [4.78, 5) is 12.0. The minimum Gasteiger partial charge on any atom is -0.325 e. The van der Waals surface area contributed by atoms with E-state index >= 15 is 0 Å². The molecule has 1 aromatic carbocycles. The van der Waals surface area contributed by atoms with Crippen LogP contribution in [0.1, 0.15) is 37.8 Å². The standard InChI is InChI=1S/C13H17NO/c1-4-8-13(3)10-7-5-6-9(2)11(10)14-12(13)15/h5-7H,4,8H2,1-3H3,(H,14,15). The Kier molecular flexibility index (Phi) is 2.29. The molecule has 2 heteroatoms. The van der Waals surface area contributed by atoms with Gasteiger partial charge >= 0.3 is 0 Å². The molecule has 1 unspecified atom stereocenters. The van der Waals surface area contributed by atoms with Gasteiger partial charge in [0.2, 0.25) is 5.91 Å². The van der Waals surface area contributed by atoms with Crippen molar-refractivity contribution >= 4 is 11.6 Å². The fraction of sp³-hybridized carbons (Fsp3) is 0.462. The van der Waals surface area contributed by atoms with E-state index in [0.29, 0.717) is 0 Å². The second kappa shape index (κ2) is 3.37. The monoisotopic (exact) mass is 203 g/mol. The summed E-state index contributed by atoms with van der Waals surface area (Å²) in [6.45, 7) is 6.19. The van der Waals surface area contributed by atoms with Crippen LogP contribution in [0.25, 0.3) is 0 Å². The molecule has 1 aliphatic rings. The average Bonchev–Trinajstić information content (AvgIpc) is 2.44. The third kappa shape index (κ3) is 1.36. The molecule has 0 aromatic heterocycles. The number of rotatable bonds is 2. The summed E-state index contributed by atoms with van der Waals surface area (Å²) in [6, 6.07) is 6.13. The van der Waals surface area contributed by atoms with E-state index in [4.69, 9.17) is 0 Å². The smallest absolute Gasteiger partial charge is 0.234 e. The maximum absolute atomic E-state index is 12.0. The molecular formula is C13H17NO. The third-order valence-corrected chi connectivity index (χ3v) is 3.36. The summed E-state index contributed by atoms with van der Waals surface area (Å²) in [7, 11) is 0. The fourth-order valence-electron chi connectivity index (χ4n) is 2.42. The van der Waals surface area contributed by atoms with Gasteiger partial charge in [-0.1, -0.05) is 31.5 Å². The molecule has 1 amide bonds. The number of benzene rings is 1. The number of para-hydroxylation sites is 1. The van der Waals surface area contributed by atoms with Gasteiger partial charge in [0.25, 0.3) is 0 Å². The SMILES string of the molecule is CCCC1(C)C(=O)Nc2c(C)cccc21. The highest BCUT2D eigenvalue weighted by Crippen LogP contribution is 2.42. The maximum Gasteiger partial charge on any atom is 0.234 e. The lowest BCUT2D eigenvalue weighted by molar-refractivity contribution is -0.120. The largest absolute Gasteiger partial charge is 0.325 e. The molecule has 0 spiro atoms. The van der Waals surface area contributed by atoms with Crippen LogP contribution in [0, 0.1) is 6.92 Å². The predicted octanol–water partition coefficient (Wildman–Crippen LogP) is 3.00. The summed E-state index contributed by atoms with van der Waals surface area (Å²) in [5, 5.41) is 3.00. The van der Waals surface area contributed by atoms with Crippen molar-refractivity contribution < 1.29 is 4.79 Å². The van der Waals surface area contributed by atoms with Crippen molar-refractivity contribution in [2.75, 3.05) is 5.32 Å². The second-order valence-electron chi connectivity index (χ2n) is 4.53. The predicted molar refractivity (Wildman–Crippen MR) is 62.1 cm³/mol. The minimum atomic E-state index is -0.323. The average molecular weight is 203 g/mol. The van der Waals surface area contributed by atoms with Gasteiger partial charge < -0.3 is 5.32 Å². The van der Waals surface area contributed by atoms with Crippen LogP contribution in [-0.2, 0) is 10.2 Å². The Hall–Kier alpha value is -1.31. The van der Waals surface area contributed by atoms with Crippen LogP contribution in [0.4, 0.5) is 5.69 Å². The van der Waals surface area contributed by atoms with Crippen molar-refractivity contribution in [1.82, 2.24) is 0 Å². The topological polar surface area (TPSA) is 29.1 Å². The zero-order chi connectivity index (χ0) is 11.1. The number of fused-ring (bicyclic) bond motifs is 1. The quantitative estimate of drug-likeness (QED) is 0.786. The molecule has 2 nitrogen and oxygen atoms in total. The molecule has 0 saturated heterocycles. The molecule has 1 heterocycles. The van der Waals surface area contributed by atoms with Gasteiger partial charge in [0, 0.05) is 5.69 Å². The molecular weight excluding hydrogens is 186 g/mol. The Balaban J connectivity index is 2.55. The van der Waals surface area contributed by atoms with Crippen LogP contribution in [0.2, 0.25) is 0 Å². The Morgan fingerprint density at radius 2 is 2.13 bits per heavy atom. The van der Waals surface area contributed by atoms with Crippen LogP contribution in [0.3, 0.4) is 0 Å². The zero-order valence-electron chi connectivity index (χ0n) is 9.55. The first-order valence-electron chi connectivity index (χ1n) is 5.51. The second-order valence-corrected chi connectivity index (χ2v) is 4.53. The van der Waals surface area contributed by atoms with Gasteiger partial charge in [0.15, 0.2) is 0 Å². The number of hydrogen-bond acceptors (Lipinski definition) is 1. The van der Waals surface area contributed by atoms with E-state index in [9.17, 15) is 4.79 Å². The molecule has 0 saturated carbocycles. The van der Waals surface area contributed by atoms with Gasteiger partial charge in [0.1, 0.15) is 0 Å². The zero-order valence-corrected chi connectivity index (χ0v) is 9.55. The summed E-state index contributed by atoms with van der Waals surface area (Å²) in [5.74, 6) is 0.147. The van der Waals surface area contributed by atoms with E-state index in [2.05, 4.69) is 18.3 Å². The Morgan fingerprint density at radius 1 is 1.40 bits per heavy atom. The molecule has 1 aliphatic heterocycles. The van der Waals surface area contributed by atoms with E-state index in [1.807, 2.05) is 26.0 Å². The molecule has 2 rings (SSSR count). The van der Waals surface area contributed by atoms with E-state index < -0.39 is 0 Å². The molecule has 0 fully saturated rings. The summed E-state index contributed by atoms with van der Waals surface area (Å²) >= 11 is 0. The molecule has 80 valence electrons. The lowest BCUT2D eigenvalue weighted by atomic mass is 9.79. The van der Waals surface area contributed by atoms with Gasteiger partial charge in [0.05, 0.1) is 5.41 Å². The van der Waals surface area contributed by atoms with Crippen LogP contribution in [0.5, 0.6) is 0 Å². The highest BCUT2D eigenvalue weighted by atomic mass is 16.2. The van der Waals surface area contributed by atoms with Crippen molar-refractivity contribution in [3.05, 3.63) is 29.3 Å². The molecule has 15 heavy (non-hydrogen) atoms. The van der Waals surface area contributed by atoms with Gasteiger partial charge in [-0.25, -0.2) is 0 Å². The van der Waals surface area contributed by atoms with Crippen molar-refractivity contribution in [2.24, 2.45) is 0 Å². The normalized spacial score (nSPS) is 23.8. The van der Waals surface area contributed by atoms with Crippen molar-refractivity contribution in [2.45, 2.75) is 39.0 Å². The number of aryl methyl sites for hydroxylation is 1. The molecule has 0 radical (unpaired) electrons. The number of amides is 1. The van der Waals surface area contributed by atoms with Crippen LogP contribution in [-0.4, -0.2) is 5.91 Å². The van der Waals surface area contributed by atoms with Gasteiger partial charge in [-0.2, -0.15) is 0 Å². The summed E-state index contributed by atoms with van der Waals surface area (Å²) < 4.78 is 0. The number of carbonyl (C=O) groups is 1. The van der Waals surface area contributed by atoms with E-state index in [1.54, 1.807) is 0 Å². The summed E-state index contributed by atoms with van der Waals surface area (Å²) in [6.07, 6.45) is 1.94. The van der Waals surface area contributed by atoms with Crippen molar-refractivity contribution in [3.63, 3.8) is 0 Å². The Bertz CT molecular complexity index is 411. The molecule has 1 atom stereocenters. The van der Waals surface area contributed by atoms with Gasteiger partial charge in [-0.15, -0.1) is 0 Å². The first kappa shape index (κ1) is 10.2. The van der Waals surface area contributed by atoms with Crippen molar-refractivity contribution in [1.29, 1.82) is 0 Å². The summed E-state index contributed by atoms with van der Waals surface area (Å²) in [5.41, 5.74) is 3.02. The number of anilines is 1. The number of hydrogen-bond donors (Lipinski definition) is 1. The molecule has 1 N–H and O–H groups in total. The van der Waals surface area contributed by atoms with E-state index in [0.717, 1.165) is 29.7 Å². The van der Waals surface area contributed by atoms with Crippen LogP contribution >= 0.6 is 0 Å². The first-order valence-corrected chi connectivity index (χ1v) is 5.51. The van der Waals surface area contributed by atoms with Gasteiger partial charge in [-0.3, -0.25) is 4.79 Å².